The van der Waals surface area contributed by atoms with E-state index in [1.54, 1.807) is 0 Å². The van der Waals surface area contributed by atoms with Gasteiger partial charge in [-0.15, -0.1) is 0 Å². The summed E-state index contributed by atoms with van der Waals surface area (Å²) in [6.45, 7) is 1.29. The van der Waals surface area contributed by atoms with Crippen molar-refractivity contribution in [3.63, 3.8) is 0 Å². The molecule has 0 aromatic rings. The minimum absolute atomic E-state index is 0.122. The predicted octanol–water partition coefficient (Wildman–Crippen LogP) is 1.45. The van der Waals surface area contributed by atoms with E-state index in [2.05, 4.69) is 10.5 Å². The van der Waals surface area contributed by atoms with Gasteiger partial charge in [-0.25, -0.2) is 0 Å². The summed E-state index contributed by atoms with van der Waals surface area (Å²) in [4.78, 5) is 4.93. The molecule has 80 valence electrons. The number of piperidine rings is 1. The molecule has 1 fully saturated rings. The van der Waals surface area contributed by atoms with Gasteiger partial charge in [0.15, 0.2) is 11.3 Å². The number of nitrogens with zero attached hydrogens (tertiary/aromatic N) is 1. The summed E-state index contributed by atoms with van der Waals surface area (Å²) < 4.78 is 36.8. The van der Waals surface area contributed by atoms with Crippen molar-refractivity contribution < 1.29 is 18.0 Å². The van der Waals surface area contributed by atoms with Gasteiger partial charge in [0.25, 0.3) is 0 Å². The first kappa shape index (κ1) is 9.76. The normalized spacial score (nSPS) is 32.9. The molecular formula is C8H11F3N2O. The first-order valence-corrected chi connectivity index (χ1v) is 4.55. The van der Waals surface area contributed by atoms with Crippen LogP contribution < -0.4 is 5.32 Å². The van der Waals surface area contributed by atoms with Crippen LogP contribution in [0.4, 0.5) is 13.2 Å². The second-order valence-corrected chi connectivity index (χ2v) is 3.77. The fourth-order valence-electron chi connectivity index (χ4n) is 1.84. The second kappa shape index (κ2) is 3.12. The molecule has 2 rings (SSSR count). The van der Waals surface area contributed by atoms with Gasteiger partial charge in [0.05, 0.1) is 0 Å². The molecule has 0 unspecified atom stereocenters. The largest absolute Gasteiger partial charge is 0.432 e. The van der Waals surface area contributed by atoms with Crippen molar-refractivity contribution in [2.45, 2.75) is 31.0 Å². The summed E-state index contributed by atoms with van der Waals surface area (Å²) in [5.41, 5.74) is -1.52. The molecule has 0 amide bonds. The van der Waals surface area contributed by atoms with Crippen LogP contribution in [0.1, 0.15) is 19.3 Å². The predicted molar refractivity (Wildman–Crippen MR) is 44.0 cm³/mol. The van der Waals surface area contributed by atoms with E-state index in [0.29, 0.717) is 13.0 Å². The molecule has 1 spiro atoms. The number of alkyl halides is 3. The molecule has 0 saturated carbocycles. The number of halogens is 3. The minimum Gasteiger partial charge on any atom is -0.387 e. The van der Waals surface area contributed by atoms with Crippen LogP contribution in [-0.4, -0.2) is 30.6 Å². The zero-order valence-corrected chi connectivity index (χ0v) is 7.52. The van der Waals surface area contributed by atoms with Crippen LogP contribution in [0.3, 0.4) is 0 Å². The van der Waals surface area contributed by atoms with E-state index in [1.807, 2.05) is 0 Å². The smallest absolute Gasteiger partial charge is 0.387 e. The molecule has 1 atom stereocenters. The van der Waals surface area contributed by atoms with E-state index in [1.165, 1.54) is 0 Å². The third-order valence-electron chi connectivity index (χ3n) is 2.60. The molecule has 2 aliphatic heterocycles. The van der Waals surface area contributed by atoms with E-state index >= 15 is 0 Å². The van der Waals surface area contributed by atoms with E-state index in [0.717, 1.165) is 13.0 Å². The number of oxime groups is 1. The average Bonchev–Trinajstić information content (AvgIpc) is 2.50. The van der Waals surface area contributed by atoms with Crippen molar-refractivity contribution >= 4 is 5.71 Å². The Bertz CT molecular complexity index is 256. The summed E-state index contributed by atoms with van der Waals surface area (Å²) in [6.07, 6.45) is -2.99. The van der Waals surface area contributed by atoms with Gasteiger partial charge in [-0.3, -0.25) is 0 Å². The SMILES string of the molecule is FC(F)(F)C1=NO[C@@]2(CCCNC2)C1. The van der Waals surface area contributed by atoms with Crippen LogP contribution in [0.25, 0.3) is 0 Å². The topological polar surface area (TPSA) is 33.6 Å². The van der Waals surface area contributed by atoms with Crippen LogP contribution in [0.15, 0.2) is 5.16 Å². The Morgan fingerprint density at radius 2 is 2.21 bits per heavy atom. The van der Waals surface area contributed by atoms with Crippen LogP contribution in [0.5, 0.6) is 0 Å². The highest BCUT2D eigenvalue weighted by Crippen LogP contribution is 2.35. The Balaban J connectivity index is 2.03. The summed E-state index contributed by atoms with van der Waals surface area (Å²) in [5, 5.41) is 6.16. The molecule has 3 nitrogen and oxygen atoms in total. The summed E-state index contributed by atoms with van der Waals surface area (Å²) in [5.74, 6) is 0. The van der Waals surface area contributed by atoms with E-state index < -0.39 is 17.5 Å². The van der Waals surface area contributed by atoms with Gasteiger partial charge in [0, 0.05) is 13.0 Å². The maximum Gasteiger partial charge on any atom is 0.432 e. The van der Waals surface area contributed by atoms with Crippen molar-refractivity contribution in [1.82, 2.24) is 5.32 Å². The zero-order chi connectivity index (χ0) is 10.2. The molecule has 14 heavy (non-hydrogen) atoms. The first-order chi connectivity index (χ1) is 6.52. The standard InChI is InChI=1S/C8H11F3N2O/c9-8(10,11)6-4-7(14-13-6)2-1-3-12-5-7/h12H,1-5H2/t7-/m0/s1. The van der Waals surface area contributed by atoms with Crippen molar-refractivity contribution in [3.8, 4) is 0 Å². The van der Waals surface area contributed by atoms with Crippen LogP contribution in [0, 0.1) is 0 Å². The lowest BCUT2D eigenvalue weighted by atomic mass is 9.89. The van der Waals surface area contributed by atoms with E-state index in [4.69, 9.17) is 4.84 Å². The Kier molecular flexibility index (Phi) is 2.17. The Morgan fingerprint density at radius 3 is 2.71 bits per heavy atom. The molecule has 2 heterocycles. The van der Waals surface area contributed by atoms with Crippen LogP contribution >= 0.6 is 0 Å². The molecule has 6 heteroatoms. The molecule has 0 aliphatic carbocycles. The first-order valence-electron chi connectivity index (χ1n) is 4.55. The van der Waals surface area contributed by atoms with Gasteiger partial charge in [-0.1, -0.05) is 5.16 Å². The summed E-state index contributed by atoms with van der Waals surface area (Å²) >= 11 is 0. The monoisotopic (exact) mass is 208 g/mol. The van der Waals surface area contributed by atoms with Crippen LogP contribution in [-0.2, 0) is 4.84 Å². The third kappa shape index (κ3) is 1.70. The molecule has 1 saturated heterocycles. The van der Waals surface area contributed by atoms with Gasteiger partial charge >= 0.3 is 6.18 Å². The Labute approximate surface area is 79.3 Å². The Hall–Kier alpha value is -0.780. The average molecular weight is 208 g/mol. The van der Waals surface area contributed by atoms with Crippen molar-refractivity contribution in [1.29, 1.82) is 0 Å². The molecule has 2 aliphatic rings. The lowest BCUT2D eigenvalue weighted by Crippen LogP contribution is -2.46. The summed E-state index contributed by atoms with van der Waals surface area (Å²) in [6, 6.07) is 0. The number of rotatable bonds is 0. The highest BCUT2D eigenvalue weighted by Gasteiger charge is 2.49. The van der Waals surface area contributed by atoms with E-state index in [-0.39, 0.29) is 6.42 Å². The minimum atomic E-state index is -4.35. The molecule has 0 aromatic heterocycles. The Morgan fingerprint density at radius 1 is 1.43 bits per heavy atom. The molecule has 1 N–H and O–H groups in total. The third-order valence-corrected chi connectivity index (χ3v) is 2.60. The van der Waals surface area contributed by atoms with Crippen molar-refractivity contribution in [3.05, 3.63) is 0 Å². The fraction of sp³-hybridized carbons (Fsp3) is 0.875. The summed E-state index contributed by atoms with van der Waals surface area (Å²) in [7, 11) is 0. The van der Waals surface area contributed by atoms with E-state index in [9.17, 15) is 13.2 Å². The lowest BCUT2D eigenvalue weighted by molar-refractivity contribution is -0.0604. The highest BCUT2D eigenvalue weighted by atomic mass is 19.4. The quantitative estimate of drug-likeness (QED) is 0.653. The number of hydrogen-bond donors (Lipinski definition) is 1. The molecule has 0 bridgehead atoms. The van der Waals surface area contributed by atoms with Gasteiger partial charge in [0.2, 0.25) is 0 Å². The zero-order valence-electron chi connectivity index (χ0n) is 7.52. The second-order valence-electron chi connectivity index (χ2n) is 3.77. The molecule has 0 aromatic carbocycles. The maximum atomic E-state index is 12.3. The fourth-order valence-corrected chi connectivity index (χ4v) is 1.84. The molecule has 0 radical (unpaired) electrons. The highest BCUT2D eigenvalue weighted by molar-refractivity contribution is 5.91. The van der Waals surface area contributed by atoms with Gasteiger partial charge in [0.1, 0.15) is 0 Å². The van der Waals surface area contributed by atoms with Crippen molar-refractivity contribution in [2.75, 3.05) is 13.1 Å². The van der Waals surface area contributed by atoms with Gasteiger partial charge < -0.3 is 10.2 Å². The molecular weight excluding hydrogens is 197 g/mol. The van der Waals surface area contributed by atoms with Gasteiger partial charge in [-0.2, -0.15) is 13.2 Å². The van der Waals surface area contributed by atoms with Crippen LogP contribution in [0.2, 0.25) is 0 Å². The number of hydrogen-bond acceptors (Lipinski definition) is 3. The maximum absolute atomic E-state index is 12.3. The van der Waals surface area contributed by atoms with Crippen molar-refractivity contribution in [2.24, 2.45) is 5.16 Å². The number of nitrogens with one attached hydrogen (secondary N) is 1. The van der Waals surface area contributed by atoms with Gasteiger partial charge in [-0.05, 0) is 19.4 Å². The lowest BCUT2D eigenvalue weighted by Gasteiger charge is -2.31.